The van der Waals surface area contributed by atoms with Crippen LogP contribution in [0.3, 0.4) is 0 Å². The van der Waals surface area contributed by atoms with E-state index in [-0.39, 0.29) is 24.2 Å². The zero-order valence-corrected chi connectivity index (χ0v) is 14.3. The average Bonchev–Trinajstić information content (AvgIpc) is 2.61. The second kappa shape index (κ2) is 8.82. The molecule has 2 rings (SSSR count). The minimum Gasteiger partial charge on any atom is -0.484 e. The lowest BCUT2D eigenvalue weighted by molar-refractivity contribution is -0.123. The van der Waals surface area contributed by atoms with Crippen molar-refractivity contribution >= 4 is 11.8 Å². The zero-order chi connectivity index (χ0) is 18.2. The van der Waals surface area contributed by atoms with E-state index in [4.69, 9.17) is 4.74 Å². The average molecular weight is 344 g/mol. The van der Waals surface area contributed by atoms with E-state index in [1.165, 1.54) is 17.0 Å². The quantitative estimate of drug-likeness (QED) is 0.838. The summed E-state index contributed by atoms with van der Waals surface area (Å²) in [5, 5.41) is 2.74. The second-order valence-corrected chi connectivity index (χ2v) is 5.74. The molecule has 5 nitrogen and oxygen atoms in total. The van der Waals surface area contributed by atoms with E-state index in [9.17, 15) is 14.0 Å². The van der Waals surface area contributed by atoms with Gasteiger partial charge in [0, 0.05) is 26.2 Å². The summed E-state index contributed by atoms with van der Waals surface area (Å²) < 4.78 is 18.2. The number of carbonyl (C=O) groups excluding carboxylic acids is 2. The lowest BCUT2D eigenvalue weighted by Crippen LogP contribution is -2.30. The number of rotatable bonds is 7. The number of benzene rings is 2. The summed E-state index contributed by atoms with van der Waals surface area (Å²) in [4.78, 5) is 25.0. The molecule has 2 aromatic carbocycles. The van der Waals surface area contributed by atoms with E-state index < -0.39 is 0 Å². The summed E-state index contributed by atoms with van der Waals surface area (Å²) in [5.41, 5.74) is 1.50. The first-order chi connectivity index (χ1) is 12.0. The van der Waals surface area contributed by atoms with Crippen LogP contribution in [0.5, 0.6) is 5.75 Å². The molecule has 0 heterocycles. The van der Waals surface area contributed by atoms with Crippen molar-refractivity contribution in [1.29, 1.82) is 0 Å². The lowest BCUT2D eigenvalue weighted by atomic mass is 10.1. The number of hydrogen-bond donors (Lipinski definition) is 1. The zero-order valence-electron chi connectivity index (χ0n) is 14.3. The summed E-state index contributed by atoms with van der Waals surface area (Å²) in [6, 6.07) is 12.8. The van der Waals surface area contributed by atoms with E-state index in [1.807, 2.05) is 0 Å². The molecule has 0 saturated carbocycles. The van der Waals surface area contributed by atoms with Crippen LogP contribution >= 0.6 is 0 Å². The first kappa shape index (κ1) is 18.4. The van der Waals surface area contributed by atoms with Gasteiger partial charge in [0.2, 0.25) is 0 Å². The molecule has 2 aromatic rings. The first-order valence-corrected chi connectivity index (χ1v) is 7.91. The molecule has 0 bridgehead atoms. The molecule has 0 aliphatic carbocycles. The van der Waals surface area contributed by atoms with E-state index in [0.29, 0.717) is 24.3 Å². The molecule has 0 radical (unpaired) electrons. The Labute approximate surface area is 146 Å². The van der Waals surface area contributed by atoms with Crippen molar-refractivity contribution in [2.45, 2.75) is 6.42 Å². The minimum atomic E-state index is -0.278. The van der Waals surface area contributed by atoms with E-state index in [2.05, 4.69) is 5.32 Å². The minimum absolute atomic E-state index is 0.0925. The summed E-state index contributed by atoms with van der Waals surface area (Å²) in [5.74, 6) is -0.0934. The molecular formula is C19H21FN2O3. The third kappa shape index (κ3) is 5.91. The number of hydrogen-bond acceptors (Lipinski definition) is 3. The molecule has 0 unspecified atom stereocenters. The Kier molecular flexibility index (Phi) is 6.51. The largest absolute Gasteiger partial charge is 0.484 e. The number of nitrogens with zero attached hydrogens (tertiary/aromatic N) is 1. The summed E-state index contributed by atoms with van der Waals surface area (Å²) in [6.07, 6.45) is 0.618. The van der Waals surface area contributed by atoms with Crippen LogP contribution in [0.2, 0.25) is 0 Å². The highest BCUT2D eigenvalue weighted by Crippen LogP contribution is 2.13. The molecule has 0 spiro atoms. The van der Waals surface area contributed by atoms with Crippen LogP contribution < -0.4 is 10.1 Å². The number of amides is 2. The van der Waals surface area contributed by atoms with Crippen LogP contribution in [0.15, 0.2) is 48.5 Å². The molecule has 1 N–H and O–H groups in total. The van der Waals surface area contributed by atoms with Crippen LogP contribution in [-0.4, -0.2) is 44.0 Å². The second-order valence-electron chi connectivity index (χ2n) is 5.74. The van der Waals surface area contributed by atoms with Gasteiger partial charge in [-0.3, -0.25) is 9.59 Å². The summed E-state index contributed by atoms with van der Waals surface area (Å²) in [7, 11) is 3.37. The maximum atomic E-state index is 12.8. The van der Waals surface area contributed by atoms with Gasteiger partial charge in [-0.1, -0.05) is 12.1 Å². The van der Waals surface area contributed by atoms with Gasteiger partial charge in [0.1, 0.15) is 11.6 Å². The van der Waals surface area contributed by atoms with E-state index in [1.54, 1.807) is 50.5 Å². The maximum absolute atomic E-state index is 12.8. The standard InChI is InChI=1S/C19H21FN2O3/c1-22(2)19(24)15-5-9-17(10-6-15)25-13-18(23)21-12-11-14-3-7-16(20)8-4-14/h3-10H,11-13H2,1-2H3,(H,21,23). The van der Waals surface area contributed by atoms with Crippen molar-refractivity contribution in [2.24, 2.45) is 0 Å². The SMILES string of the molecule is CN(C)C(=O)c1ccc(OCC(=O)NCCc2ccc(F)cc2)cc1. The topological polar surface area (TPSA) is 58.6 Å². The molecule has 0 aliphatic rings. The van der Waals surface area contributed by atoms with Gasteiger partial charge in [-0.2, -0.15) is 0 Å². The van der Waals surface area contributed by atoms with Gasteiger partial charge >= 0.3 is 0 Å². The van der Waals surface area contributed by atoms with Crippen molar-refractivity contribution in [3.8, 4) is 5.75 Å². The van der Waals surface area contributed by atoms with Crippen LogP contribution in [-0.2, 0) is 11.2 Å². The van der Waals surface area contributed by atoms with Gasteiger partial charge in [0.25, 0.3) is 11.8 Å². The van der Waals surface area contributed by atoms with Crippen LogP contribution in [0.1, 0.15) is 15.9 Å². The third-order valence-electron chi connectivity index (χ3n) is 3.53. The van der Waals surface area contributed by atoms with Crippen molar-refractivity contribution < 1.29 is 18.7 Å². The molecule has 0 atom stereocenters. The monoisotopic (exact) mass is 344 g/mol. The van der Waals surface area contributed by atoms with Crippen molar-refractivity contribution in [2.75, 3.05) is 27.2 Å². The van der Waals surface area contributed by atoms with Gasteiger partial charge in [-0.25, -0.2) is 4.39 Å². The maximum Gasteiger partial charge on any atom is 0.257 e. The molecule has 2 amide bonds. The molecule has 132 valence electrons. The highest BCUT2D eigenvalue weighted by Gasteiger charge is 2.08. The van der Waals surface area contributed by atoms with Crippen molar-refractivity contribution in [1.82, 2.24) is 10.2 Å². The fourth-order valence-electron chi connectivity index (χ4n) is 2.15. The van der Waals surface area contributed by atoms with E-state index >= 15 is 0 Å². The smallest absolute Gasteiger partial charge is 0.257 e. The number of carbonyl (C=O) groups is 2. The Hall–Kier alpha value is -2.89. The predicted octanol–water partition coefficient (Wildman–Crippen LogP) is 2.27. The highest BCUT2D eigenvalue weighted by atomic mass is 19.1. The Morgan fingerprint density at radius 3 is 2.28 bits per heavy atom. The van der Waals surface area contributed by atoms with E-state index in [0.717, 1.165) is 5.56 Å². The normalized spacial score (nSPS) is 10.2. The first-order valence-electron chi connectivity index (χ1n) is 7.91. The van der Waals surface area contributed by atoms with Gasteiger partial charge in [-0.15, -0.1) is 0 Å². The van der Waals surface area contributed by atoms with Crippen molar-refractivity contribution in [3.63, 3.8) is 0 Å². The van der Waals surface area contributed by atoms with Gasteiger partial charge in [0.05, 0.1) is 0 Å². The van der Waals surface area contributed by atoms with Crippen LogP contribution in [0.4, 0.5) is 4.39 Å². The van der Waals surface area contributed by atoms with Crippen LogP contribution in [0.25, 0.3) is 0 Å². The van der Waals surface area contributed by atoms with Gasteiger partial charge in [-0.05, 0) is 48.4 Å². The van der Waals surface area contributed by atoms with Gasteiger partial charge in [0.15, 0.2) is 6.61 Å². The summed E-state index contributed by atoms with van der Waals surface area (Å²) >= 11 is 0. The summed E-state index contributed by atoms with van der Waals surface area (Å²) in [6.45, 7) is 0.342. The Bertz CT molecular complexity index is 712. The fraction of sp³-hybridized carbons (Fsp3) is 0.263. The highest BCUT2D eigenvalue weighted by molar-refractivity contribution is 5.93. The molecule has 0 fully saturated rings. The third-order valence-corrected chi connectivity index (χ3v) is 3.53. The fourth-order valence-corrected chi connectivity index (χ4v) is 2.15. The number of nitrogens with one attached hydrogen (secondary N) is 1. The molecular weight excluding hydrogens is 323 g/mol. The predicted molar refractivity (Wildman–Crippen MR) is 93.1 cm³/mol. The van der Waals surface area contributed by atoms with Crippen LogP contribution in [0, 0.1) is 5.82 Å². The molecule has 0 aliphatic heterocycles. The molecule has 0 saturated heterocycles. The Morgan fingerprint density at radius 2 is 1.68 bits per heavy atom. The number of halogens is 1. The van der Waals surface area contributed by atoms with Crippen molar-refractivity contribution in [3.05, 3.63) is 65.5 Å². The number of ether oxygens (including phenoxy) is 1. The molecule has 6 heteroatoms. The lowest BCUT2D eigenvalue weighted by Gasteiger charge is -2.11. The Balaban J connectivity index is 1.72. The van der Waals surface area contributed by atoms with Gasteiger partial charge < -0.3 is 15.0 Å². The Morgan fingerprint density at radius 1 is 1.04 bits per heavy atom. The molecule has 25 heavy (non-hydrogen) atoms. The molecule has 0 aromatic heterocycles.